The molecular formula is C18H19N3O5. The molecule has 26 heavy (non-hydrogen) atoms. The van der Waals surface area contributed by atoms with Crippen LogP contribution in [0.25, 0.3) is 11.1 Å². The van der Waals surface area contributed by atoms with Gasteiger partial charge in [-0.1, -0.05) is 6.07 Å². The third-order valence-electron chi connectivity index (χ3n) is 3.95. The number of carbonyl (C=O) groups excluding carboxylic acids is 2. The van der Waals surface area contributed by atoms with Gasteiger partial charge in [-0.15, -0.1) is 0 Å². The molecule has 2 aromatic rings. The number of nitrogens with one attached hydrogen (secondary N) is 2. The molecule has 0 bridgehead atoms. The first-order valence-electron chi connectivity index (χ1n) is 8.11. The van der Waals surface area contributed by atoms with Crippen molar-refractivity contribution in [1.29, 1.82) is 0 Å². The number of fused-ring (bicyclic) bond motifs is 1. The van der Waals surface area contributed by atoms with Crippen LogP contribution in [0.4, 0.5) is 0 Å². The molecule has 3 N–H and O–H groups in total. The van der Waals surface area contributed by atoms with Gasteiger partial charge in [0.2, 0.25) is 5.91 Å². The number of aromatic hydroxyl groups is 1. The maximum Gasteiger partial charge on any atom is 0.274 e. The lowest BCUT2D eigenvalue weighted by molar-refractivity contribution is -0.122. The average molecular weight is 357 g/mol. The fraction of sp³-hybridized carbons (Fsp3) is 0.278. The Balaban J connectivity index is 1.81. The summed E-state index contributed by atoms with van der Waals surface area (Å²) in [5.41, 5.74) is 1.24. The molecule has 0 saturated carbocycles. The zero-order valence-electron chi connectivity index (χ0n) is 14.4. The molecule has 8 nitrogen and oxygen atoms in total. The molecule has 0 fully saturated rings. The zero-order chi connectivity index (χ0) is 18.7. The third-order valence-corrected chi connectivity index (χ3v) is 3.95. The minimum Gasteiger partial charge on any atom is -0.505 e. The Hall–Kier alpha value is -3.29. The molecule has 1 aromatic heterocycles. The van der Waals surface area contributed by atoms with Crippen LogP contribution in [0, 0.1) is 0 Å². The third kappa shape index (κ3) is 3.53. The standard InChI is InChI=1S/C18H19N3O5/c1-10(17(23)19-2)21-18(24)16-13(22)7-12(9-20-16)11-3-4-14-15(8-11)26-6-5-25-14/h3-4,7-10,22H,5-6H2,1-2H3,(H,19,23)(H,21,24). The van der Waals surface area contributed by atoms with Gasteiger partial charge in [0.25, 0.3) is 5.91 Å². The van der Waals surface area contributed by atoms with Crippen molar-refractivity contribution in [2.24, 2.45) is 0 Å². The lowest BCUT2D eigenvalue weighted by atomic mass is 10.1. The van der Waals surface area contributed by atoms with Gasteiger partial charge in [0, 0.05) is 18.8 Å². The van der Waals surface area contributed by atoms with Gasteiger partial charge in [0.15, 0.2) is 17.2 Å². The smallest absolute Gasteiger partial charge is 0.274 e. The van der Waals surface area contributed by atoms with Crippen LogP contribution < -0.4 is 20.1 Å². The van der Waals surface area contributed by atoms with E-state index < -0.39 is 11.9 Å². The zero-order valence-corrected chi connectivity index (χ0v) is 14.4. The van der Waals surface area contributed by atoms with Gasteiger partial charge in [0.1, 0.15) is 25.0 Å². The van der Waals surface area contributed by atoms with Gasteiger partial charge >= 0.3 is 0 Å². The second kappa shape index (κ2) is 7.30. The van der Waals surface area contributed by atoms with Crippen LogP contribution in [-0.2, 0) is 4.79 Å². The number of ether oxygens (including phenoxy) is 2. The Kier molecular flexibility index (Phi) is 4.92. The van der Waals surface area contributed by atoms with E-state index in [0.29, 0.717) is 30.3 Å². The van der Waals surface area contributed by atoms with E-state index in [4.69, 9.17) is 9.47 Å². The van der Waals surface area contributed by atoms with Gasteiger partial charge < -0.3 is 25.2 Å². The quantitative estimate of drug-likeness (QED) is 0.756. The first-order chi connectivity index (χ1) is 12.5. The molecule has 0 spiro atoms. The maximum absolute atomic E-state index is 12.2. The van der Waals surface area contributed by atoms with Crippen molar-refractivity contribution >= 4 is 11.8 Å². The number of aromatic nitrogens is 1. The summed E-state index contributed by atoms with van der Waals surface area (Å²) in [6, 6.07) is 6.09. The van der Waals surface area contributed by atoms with Crippen molar-refractivity contribution < 1.29 is 24.2 Å². The molecule has 2 heterocycles. The number of pyridine rings is 1. The molecule has 136 valence electrons. The van der Waals surface area contributed by atoms with E-state index >= 15 is 0 Å². The number of carbonyl (C=O) groups is 2. The van der Waals surface area contributed by atoms with E-state index in [1.54, 1.807) is 12.1 Å². The molecule has 8 heteroatoms. The molecule has 1 aliphatic heterocycles. The highest BCUT2D eigenvalue weighted by atomic mass is 16.6. The number of rotatable bonds is 4. The Morgan fingerprint density at radius 2 is 1.88 bits per heavy atom. The Morgan fingerprint density at radius 3 is 2.58 bits per heavy atom. The lowest BCUT2D eigenvalue weighted by Gasteiger charge is -2.19. The number of hydrogen-bond acceptors (Lipinski definition) is 6. The summed E-state index contributed by atoms with van der Waals surface area (Å²) in [6.07, 6.45) is 1.48. The van der Waals surface area contributed by atoms with E-state index in [1.165, 1.54) is 26.2 Å². The van der Waals surface area contributed by atoms with Crippen molar-refractivity contribution in [1.82, 2.24) is 15.6 Å². The number of likely N-dealkylation sites (N-methyl/N-ethyl adjacent to an activating group) is 1. The molecule has 1 aromatic carbocycles. The number of benzene rings is 1. The average Bonchev–Trinajstić information content (AvgIpc) is 2.66. The summed E-state index contributed by atoms with van der Waals surface area (Å²) >= 11 is 0. The van der Waals surface area contributed by atoms with E-state index in [9.17, 15) is 14.7 Å². The van der Waals surface area contributed by atoms with Gasteiger partial charge in [-0.2, -0.15) is 0 Å². The van der Waals surface area contributed by atoms with Crippen LogP contribution in [0.15, 0.2) is 30.5 Å². The second-order valence-corrected chi connectivity index (χ2v) is 5.76. The largest absolute Gasteiger partial charge is 0.505 e. The van der Waals surface area contributed by atoms with Crippen molar-refractivity contribution in [3.05, 3.63) is 36.2 Å². The molecular weight excluding hydrogens is 338 g/mol. The Bertz CT molecular complexity index is 853. The fourth-order valence-electron chi connectivity index (χ4n) is 2.56. The monoisotopic (exact) mass is 357 g/mol. The molecule has 3 rings (SSSR count). The van der Waals surface area contributed by atoms with E-state index in [1.807, 2.05) is 6.07 Å². The van der Waals surface area contributed by atoms with E-state index in [2.05, 4.69) is 15.6 Å². The molecule has 0 radical (unpaired) electrons. The Morgan fingerprint density at radius 1 is 1.15 bits per heavy atom. The maximum atomic E-state index is 12.2. The van der Waals surface area contributed by atoms with Crippen LogP contribution >= 0.6 is 0 Å². The van der Waals surface area contributed by atoms with Crippen LogP contribution in [0.3, 0.4) is 0 Å². The summed E-state index contributed by atoms with van der Waals surface area (Å²) in [6.45, 7) is 2.52. The summed E-state index contributed by atoms with van der Waals surface area (Å²) in [5.74, 6) is 0.0305. The topological polar surface area (TPSA) is 110 Å². The summed E-state index contributed by atoms with van der Waals surface area (Å²) in [7, 11) is 1.48. The van der Waals surface area contributed by atoms with E-state index in [0.717, 1.165) is 5.56 Å². The molecule has 1 atom stereocenters. The first-order valence-corrected chi connectivity index (χ1v) is 8.11. The van der Waals surface area contributed by atoms with Crippen LogP contribution in [-0.4, -0.2) is 48.2 Å². The van der Waals surface area contributed by atoms with Crippen molar-refractivity contribution in [2.75, 3.05) is 20.3 Å². The van der Waals surface area contributed by atoms with Crippen LogP contribution in [0.5, 0.6) is 17.2 Å². The highest BCUT2D eigenvalue weighted by Gasteiger charge is 2.20. The van der Waals surface area contributed by atoms with Crippen LogP contribution in [0.1, 0.15) is 17.4 Å². The molecule has 0 saturated heterocycles. The molecule has 0 aliphatic carbocycles. The summed E-state index contributed by atoms with van der Waals surface area (Å²) < 4.78 is 11.0. The van der Waals surface area contributed by atoms with Gasteiger partial charge in [-0.3, -0.25) is 9.59 Å². The van der Waals surface area contributed by atoms with Gasteiger partial charge in [0.05, 0.1) is 0 Å². The molecule has 2 amide bonds. The first kappa shape index (κ1) is 17.5. The normalized spacial score (nSPS) is 13.6. The number of hydrogen-bond donors (Lipinski definition) is 3. The molecule has 1 unspecified atom stereocenters. The lowest BCUT2D eigenvalue weighted by Crippen LogP contribution is -2.43. The minimum atomic E-state index is -0.744. The SMILES string of the molecule is CNC(=O)C(C)NC(=O)c1ncc(-c2ccc3c(c2)OCCO3)cc1O. The van der Waals surface area contributed by atoms with Crippen molar-refractivity contribution in [3.63, 3.8) is 0 Å². The molecule has 1 aliphatic rings. The predicted octanol–water partition coefficient (Wildman–Crippen LogP) is 1.09. The number of amides is 2. The highest BCUT2D eigenvalue weighted by molar-refractivity contribution is 5.98. The second-order valence-electron chi connectivity index (χ2n) is 5.76. The van der Waals surface area contributed by atoms with Crippen molar-refractivity contribution in [3.8, 4) is 28.4 Å². The highest BCUT2D eigenvalue weighted by Crippen LogP contribution is 2.35. The predicted molar refractivity (Wildman–Crippen MR) is 93.3 cm³/mol. The fourth-order valence-corrected chi connectivity index (χ4v) is 2.56. The number of nitrogens with zero attached hydrogens (tertiary/aromatic N) is 1. The van der Waals surface area contributed by atoms with Crippen LogP contribution in [0.2, 0.25) is 0 Å². The Labute approximate surface area is 150 Å². The summed E-state index contributed by atoms with van der Waals surface area (Å²) in [4.78, 5) is 27.7. The minimum absolute atomic E-state index is 0.151. The van der Waals surface area contributed by atoms with Gasteiger partial charge in [-0.05, 0) is 30.7 Å². The summed E-state index contributed by atoms with van der Waals surface area (Å²) in [5, 5.41) is 15.1. The van der Waals surface area contributed by atoms with E-state index in [-0.39, 0.29) is 17.4 Å². The van der Waals surface area contributed by atoms with Gasteiger partial charge in [-0.25, -0.2) is 4.98 Å². The van der Waals surface area contributed by atoms with Crippen molar-refractivity contribution in [2.45, 2.75) is 13.0 Å².